The van der Waals surface area contributed by atoms with E-state index in [-0.39, 0.29) is 103 Å². The molecule has 2 aromatic heterocycles. The SMILES string of the molecule is Cc1cccc([C@H]2CN(S(=O)(=O)c3c(C)noc3C)C[C@@H]2[N+]2(c3cc(C)ccc3C)CCN(C(=O)C3(OC(=O)C(F)(F)F)CN(C=O)CC[N@+]3(c3cc(C)ccc3C)[C@H]3CN(S(=O)(=O)c4c(C)noc4C)C[C@@H]3c3cccc(C)c3)CC2)c1. The lowest BCUT2D eigenvalue weighted by Gasteiger charge is -2.59. The van der Waals surface area contributed by atoms with Crippen molar-refractivity contribution >= 4 is 49.7 Å². The first-order valence-corrected chi connectivity index (χ1v) is 30.7. The number of benzene rings is 4. The van der Waals surface area contributed by atoms with E-state index in [1.807, 2.05) is 88.4 Å². The van der Waals surface area contributed by atoms with Crippen LogP contribution in [0.1, 0.15) is 79.3 Å². The molecule has 1 unspecified atom stereocenters. The molecule has 18 nitrogen and oxygen atoms in total. The highest BCUT2D eigenvalue weighted by atomic mass is 32.2. The molecule has 4 saturated heterocycles. The average molecular weight is 1190 g/mol. The molecule has 83 heavy (non-hydrogen) atoms. The lowest BCUT2D eigenvalue weighted by molar-refractivity contribution is -0.242. The second kappa shape index (κ2) is 21.7. The van der Waals surface area contributed by atoms with E-state index >= 15 is 26.4 Å². The van der Waals surface area contributed by atoms with Gasteiger partial charge < -0.3 is 23.6 Å². The Balaban J connectivity index is 1.17. The summed E-state index contributed by atoms with van der Waals surface area (Å²) in [4.78, 5) is 46.8. The van der Waals surface area contributed by atoms with Crippen LogP contribution in [0.15, 0.2) is 104 Å². The molecule has 0 radical (unpaired) electrons. The highest BCUT2D eigenvalue weighted by Gasteiger charge is 2.73. The standard InChI is InChI=1S/C60H71F3N8O10S2/c1-37-13-11-15-47(27-37)49-31-68(82(75,76)55-43(7)64-80-45(55)9)33-53(49)70(51-29-39(3)17-19-41(51)5)24-22-67(23-25-70)57(73)59(79-58(74)60(61,62)63)35-66(36-72)21-26-71(59,52-30-40(4)18-20-42(52)6)54-34-69(32-50(54)48-16-12-14-38(2)28-48)83(77,78)56-44(8)65-81-46(56)10/h11-20,27-30,36,49-50,53-54H,21-26,31-35H2,1-10H3/q+2/t49-,50-,53+,54+,59?,71+/m1/s1. The molecule has 0 N–H and O–H groups in total. The fourth-order valence-electron chi connectivity index (χ4n) is 14.2. The summed E-state index contributed by atoms with van der Waals surface area (Å²) in [7, 11) is -8.71. The van der Waals surface area contributed by atoms with E-state index in [0.717, 1.165) is 38.4 Å². The number of nitrogens with zero attached hydrogens (tertiary/aromatic N) is 8. The number of aromatic nitrogens is 2. The molecule has 0 bridgehead atoms. The van der Waals surface area contributed by atoms with Crippen LogP contribution < -0.4 is 8.97 Å². The summed E-state index contributed by atoms with van der Waals surface area (Å²) in [5.74, 6) is -4.80. The number of piperazine rings is 2. The summed E-state index contributed by atoms with van der Waals surface area (Å²) in [5, 5.41) is 7.94. The number of amides is 2. The van der Waals surface area contributed by atoms with Gasteiger partial charge in [0.05, 0.1) is 44.6 Å². The third-order valence-electron chi connectivity index (χ3n) is 18.0. The van der Waals surface area contributed by atoms with Crippen LogP contribution in [0.2, 0.25) is 0 Å². The lowest BCUT2D eigenvalue weighted by Crippen LogP contribution is -2.85. The molecule has 6 heterocycles. The number of hydrogen-bond acceptors (Lipinski definition) is 12. The van der Waals surface area contributed by atoms with Gasteiger partial charge in [-0.25, -0.2) is 26.1 Å². The molecule has 0 aliphatic carbocycles. The Morgan fingerprint density at radius 1 is 0.627 bits per heavy atom. The third-order valence-corrected chi connectivity index (χ3v) is 22.2. The number of quaternary nitrogens is 2. The largest absolute Gasteiger partial charge is 0.491 e. The maximum atomic E-state index is 16.9. The topological polar surface area (TPSA) is 194 Å². The average Bonchev–Trinajstić information content (AvgIpc) is 1.87. The number of ether oxygens (including phenoxy) is 1. The van der Waals surface area contributed by atoms with Crippen molar-refractivity contribution in [2.75, 3.05) is 72.0 Å². The van der Waals surface area contributed by atoms with Gasteiger partial charge in [-0.3, -0.25) is 14.1 Å². The molecule has 4 aliphatic heterocycles. The highest BCUT2D eigenvalue weighted by molar-refractivity contribution is 7.89. The van der Waals surface area contributed by atoms with Crippen LogP contribution in [0.5, 0.6) is 0 Å². The summed E-state index contributed by atoms with van der Waals surface area (Å²) >= 11 is 0. The second-order valence-corrected chi connectivity index (χ2v) is 27.1. The zero-order valence-corrected chi connectivity index (χ0v) is 50.0. The minimum absolute atomic E-state index is 0.0211. The van der Waals surface area contributed by atoms with Gasteiger partial charge in [-0.15, -0.1) is 0 Å². The van der Waals surface area contributed by atoms with Gasteiger partial charge in [-0.05, 0) is 91.5 Å². The van der Waals surface area contributed by atoms with Crippen LogP contribution in [0, 0.1) is 69.2 Å². The Bertz CT molecular complexity index is 3730. The maximum Gasteiger partial charge on any atom is 0.491 e. The Morgan fingerprint density at radius 3 is 1.57 bits per heavy atom. The minimum atomic E-state index is -5.65. The molecule has 4 aliphatic rings. The normalized spacial score (nSPS) is 24.5. The number of alkyl halides is 3. The molecule has 442 valence electrons. The number of carbonyl (C=O) groups excluding carboxylic acids is 3. The van der Waals surface area contributed by atoms with Gasteiger partial charge >= 0.3 is 23.8 Å². The molecule has 6 atom stereocenters. The first kappa shape index (κ1) is 59.4. The van der Waals surface area contributed by atoms with Gasteiger partial charge in [0.1, 0.15) is 70.8 Å². The van der Waals surface area contributed by atoms with Crippen molar-refractivity contribution in [3.05, 3.63) is 152 Å². The van der Waals surface area contributed by atoms with Gasteiger partial charge in [0.15, 0.2) is 11.5 Å². The molecular weight excluding hydrogens is 1110 g/mol. The minimum Gasteiger partial charge on any atom is -0.392 e. The number of carbonyl (C=O) groups is 3. The van der Waals surface area contributed by atoms with Gasteiger partial charge in [-0.2, -0.15) is 21.8 Å². The van der Waals surface area contributed by atoms with Crippen molar-refractivity contribution in [2.24, 2.45) is 0 Å². The highest BCUT2D eigenvalue weighted by Crippen LogP contribution is 2.52. The van der Waals surface area contributed by atoms with Crippen molar-refractivity contribution in [3.8, 4) is 0 Å². The predicted molar refractivity (Wildman–Crippen MR) is 304 cm³/mol. The third kappa shape index (κ3) is 10.1. The van der Waals surface area contributed by atoms with Crippen molar-refractivity contribution in [2.45, 2.75) is 115 Å². The molecule has 10 rings (SSSR count). The van der Waals surface area contributed by atoms with Crippen LogP contribution in [0.3, 0.4) is 0 Å². The van der Waals surface area contributed by atoms with E-state index in [2.05, 4.69) is 16.4 Å². The number of esters is 1. The van der Waals surface area contributed by atoms with E-state index < -0.39 is 78.8 Å². The summed E-state index contributed by atoms with van der Waals surface area (Å²) in [5.41, 5.74) is 4.79. The lowest BCUT2D eigenvalue weighted by atomic mass is 9.84. The Labute approximate surface area is 482 Å². The second-order valence-electron chi connectivity index (χ2n) is 23.3. The summed E-state index contributed by atoms with van der Waals surface area (Å²) in [6.45, 7) is 15.6. The van der Waals surface area contributed by atoms with E-state index in [4.69, 9.17) is 13.8 Å². The van der Waals surface area contributed by atoms with Crippen molar-refractivity contribution in [1.82, 2.24) is 37.7 Å². The van der Waals surface area contributed by atoms with Crippen molar-refractivity contribution in [1.29, 1.82) is 0 Å². The molecule has 0 spiro atoms. The maximum absolute atomic E-state index is 16.9. The van der Waals surface area contributed by atoms with Crippen LogP contribution in [-0.2, 0) is 39.2 Å². The first-order chi connectivity index (χ1) is 39.1. The van der Waals surface area contributed by atoms with Gasteiger partial charge in [-0.1, -0.05) is 94.2 Å². The van der Waals surface area contributed by atoms with Crippen LogP contribution in [0.4, 0.5) is 24.5 Å². The predicted octanol–water partition coefficient (Wildman–Crippen LogP) is 7.89. The summed E-state index contributed by atoms with van der Waals surface area (Å²) < 4.78 is 125. The van der Waals surface area contributed by atoms with Crippen molar-refractivity contribution < 1.29 is 58.2 Å². The fraction of sp³-hybridized carbons (Fsp3) is 0.450. The Hall–Kier alpha value is -6.76. The Kier molecular flexibility index (Phi) is 15.5. The number of rotatable bonds is 13. The monoisotopic (exact) mass is 1180 g/mol. The van der Waals surface area contributed by atoms with Gasteiger partial charge in [0, 0.05) is 36.3 Å². The first-order valence-electron chi connectivity index (χ1n) is 27.8. The van der Waals surface area contributed by atoms with E-state index in [1.54, 1.807) is 45.9 Å². The number of aryl methyl sites for hydroxylation is 10. The molecule has 23 heteroatoms. The zero-order chi connectivity index (χ0) is 59.9. The molecular formula is C60H71F3N8O10S2+2. The van der Waals surface area contributed by atoms with Gasteiger partial charge in [0.2, 0.25) is 26.5 Å². The zero-order valence-electron chi connectivity index (χ0n) is 48.4. The molecule has 2 amide bonds. The number of hydrogen-bond donors (Lipinski definition) is 0. The molecule has 0 saturated carbocycles. The van der Waals surface area contributed by atoms with E-state index in [9.17, 15) is 18.0 Å². The van der Waals surface area contributed by atoms with Crippen LogP contribution >= 0.6 is 0 Å². The number of halogens is 3. The molecule has 4 aromatic carbocycles. The van der Waals surface area contributed by atoms with Crippen LogP contribution in [0.25, 0.3) is 0 Å². The van der Waals surface area contributed by atoms with E-state index in [1.165, 1.54) is 27.4 Å². The quantitative estimate of drug-likeness (QED) is 0.0618. The molecule has 6 aromatic rings. The number of sulfonamides is 2. The molecule has 4 fully saturated rings. The fourth-order valence-corrected chi connectivity index (χ4v) is 17.7. The summed E-state index contributed by atoms with van der Waals surface area (Å²) in [6, 6.07) is 25.0. The van der Waals surface area contributed by atoms with E-state index in [0.29, 0.717) is 28.8 Å². The smallest absolute Gasteiger partial charge is 0.392 e. The summed E-state index contributed by atoms with van der Waals surface area (Å²) in [6.07, 6.45) is -5.23. The van der Waals surface area contributed by atoms with Crippen LogP contribution in [-0.4, -0.2) is 160 Å². The van der Waals surface area contributed by atoms with Crippen molar-refractivity contribution in [3.63, 3.8) is 0 Å². The Morgan fingerprint density at radius 2 is 1.10 bits per heavy atom. The van der Waals surface area contributed by atoms with Gasteiger partial charge in [0.25, 0.3) is 0 Å².